The molecule has 4 unspecified atom stereocenters. The van der Waals surface area contributed by atoms with Gasteiger partial charge in [0.25, 0.3) is 5.91 Å². The number of hydrogen-bond acceptors (Lipinski definition) is 6. The molecule has 4 aromatic rings. The zero-order valence-corrected chi connectivity index (χ0v) is 23.8. The van der Waals surface area contributed by atoms with Crippen molar-refractivity contribution < 1.29 is 23.6 Å². The van der Waals surface area contributed by atoms with Gasteiger partial charge in [0, 0.05) is 24.2 Å². The predicted octanol–water partition coefficient (Wildman–Crippen LogP) is 2.90. The monoisotopic (exact) mass is 593 g/mol. The molecule has 0 radical (unpaired) electrons. The van der Waals surface area contributed by atoms with E-state index in [2.05, 4.69) is 15.6 Å². The highest BCUT2D eigenvalue weighted by molar-refractivity contribution is 6.06. The highest BCUT2D eigenvalue weighted by atomic mass is 19.1. The van der Waals surface area contributed by atoms with Crippen molar-refractivity contribution in [3.8, 4) is 0 Å². The van der Waals surface area contributed by atoms with Crippen LogP contribution < -0.4 is 22.1 Å². The third-order valence-electron chi connectivity index (χ3n) is 8.05. The fraction of sp³-hybridized carbons (Fsp3) is 0.206. The summed E-state index contributed by atoms with van der Waals surface area (Å²) in [5, 5.41) is 5.51. The molecule has 0 aliphatic carbocycles. The number of aromatic nitrogens is 1. The third kappa shape index (κ3) is 6.40. The van der Waals surface area contributed by atoms with Crippen LogP contribution >= 0.6 is 0 Å². The number of nitrogens with two attached hydrogens (primary N) is 2. The van der Waals surface area contributed by atoms with E-state index in [0.29, 0.717) is 0 Å². The summed E-state index contributed by atoms with van der Waals surface area (Å²) in [7, 11) is 0. The summed E-state index contributed by atoms with van der Waals surface area (Å²) in [4.78, 5) is 58.3. The highest BCUT2D eigenvalue weighted by Gasteiger charge is 2.52. The minimum Gasteiger partial charge on any atom is -0.366 e. The van der Waals surface area contributed by atoms with E-state index in [-0.39, 0.29) is 42.1 Å². The lowest BCUT2D eigenvalue weighted by Crippen LogP contribution is -2.72. The largest absolute Gasteiger partial charge is 0.366 e. The number of carbonyl (C=O) groups excluding carboxylic acids is 4. The quantitative estimate of drug-likeness (QED) is 0.112. The fourth-order valence-corrected chi connectivity index (χ4v) is 5.63. The lowest BCUT2D eigenvalue weighted by Gasteiger charge is -2.44. The van der Waals surface area contributed by atoms with Gasteiger partial charge in [-0.1, -0.05) is 60.7 Å². The van der Waals surface area contributed by atoms with Crippen LogP contribution in [0.15, 0.2) is 103 Å². The number of hydrogen-bond donors (Lipinski definition) is 4. The highest BCUT2D eigenvalue weighted by Crippen LogP contribution is 2.33. The van der Waals surface area contributed by atoms with Gasteiger partial charge in [0.1, 0.15) is 5.82 Å². The Bertz CT molecular complexity index is 1670. The van der Waals surface area contributed by atoms with Crippen LogP contribution in [-0.4, -0.2) is 40.7 Å². The summed E-state index contributed by atoms with van der Waals surface area (Å²) in [6.45, 7) is 0.251. The van der Waals surface area contributed by atoms with Gasteiger partial charge in [-0.05, 0) is 60.4 Å². The molecule has 1 fully saturated rings. The molecule has 0 saturated carbocycles. The van der Waals surface area contributed by atoms with Crippen LogP contribution in [0.4, 0.5) is 4.39 Å². The van der Waals surface area contributed by atoms with Crippen molar-refractivity contribution in [1.82, 2.24) is 15.6 Å². The van der Waals surface area contributed by atoms with E-state index in [4.69, 9.17) is 11.5 Å². The molecule has 2 heterocycles. The Labute approximate surface area is 253 Å². The Morgan fingerprint density at radius 3 is 2.07 bits per heavy atom. The topological polar surface area (TPSA) is 157 Å². The lowest BCUT2D eigenvalue weighted by molar-refractivity contribution is -0.136. The molecule has 4 atom stereocenters. The number of primary amides is 1. The maximum absolute atomic E-state index is 14.4. The van der Waals surface area contributed by atoms with Crippen LogP contribution in [0.1, 0.15) is 43.5 Å². The molecule has 3 aromatic carbocycles. The molecule has 0 bridgehead atoms. The second-order valence-corrected chi connectivity index (χ2v) is 10.9. The van der Waals surface area contributed by atoms with Crippen molar-refractivity contribution in [2.24, 2.45) is 23.3 Å². The molecular formula is C34H32FN5O4. The van der Waals surface area contributed by atoms with Crippen molar-refractivity contribution in [2.75, 3.05) is 6.54 Å². The molecule has 1 aliphatic rings. The molecule has 44 heavy (non-hydrogen) atoms. The summed E-state index contributed by atoms with van der Waals surface area (Å²) in [5.41, 5.74) is 12.4. The average Bonchev–Trinajstić information content (AvgIpc) is 3.03. The number of nitrogens with zero attached hydrogens (tertiary/aromatic N) is 1. The SMILES string of the molecule is NC(=O)c1cccnc1C(Cc1ccccc1)C(=O)NC(N)(C(=O)c1ccc(F)cc1)C(Cc1ccccc1)C1CNC1=O. The summed E-state index contributed by atoms with van der Waals surface area (Å²) < 4.78 is 13.8. The van der Waals surface area contributed by atoms with Crippen LogP contribution in [0.3, 0.4) is 0 Å². The second-order valence-electron chi connectivity index (χ2n) is 10.9. The Hall–Kier alpha value is -5.22. The number of benzene rings is 3. The number of rotatable bonds is 12. The maximum Gasteiger partial charge on any atom is 0.250 e. The van der Waals surface area contributed by atoms with Crippen LogP contribution in [0.5, 0.6) is 0 Å². The van der Waals surface area contributed by atoms with E-state index in [1.165, 1.54) is 30.5 Å². The molecule has 5 rings (SSSR count). The van der Waals surface area contributed by atoms with Crippen molar-refractivity contribution in [1.29, 1.82) is 0 Å². The standard InChI is InChI=1S/C34H32FN5O4/c35-24-15-13-23(14-16-24)30(41)34(37,28(27-20-39-32(27)43)19-22-10-5-2-6-11-22)40-33(44)26(18-21-8-3-1-4-9-21)29-25(31(36)42)12-7-17-38-29/h1-17,26-28H,18-20,37H2,(H2,36,42)(H,39,43)(H,40,44). The average molecular weight is 594 g/mol. The minimum atomic E-state index is -2.12. The van der Waals surface area contributed by atoms with Gasteiger partial charge in [-0.15, -0.1) is 0 Å². The Kier molecular flexibility index (Phi) is 8.91. The summed E-state index contributed by atoms with van der Waals surface area (Å²) in [6.07, 6.45) is 1.74. The van der Waals surface area contributed by atoms with Crippen molar-refractivity contribution >= 4 is 23.5 Å². The number of ketones is 1. The number of amides is 3. The summed E-state index contributed by atoms with van der Waals surface area (Å²) in [6, 6.07) is 26.1. The Morgan fingerprint density at radius 1 is 0.909 bits per heavy atom. The van der Waals surface area contributed by atoms with Gasteiger partial charge in [0.05, 0.1) is 23.1 Å². The number of pyridine rings is 1. The first kappa shape index (κ1) is 30.2. The molecule has 1 saturated heterocycles. The number of carbonyl (C=O) groups is 4. The van der Waals surface area contributed by atoms with Crippen molar-refractivity contribution in [2.45, 2.75) is 24.4 Å². The fourth-order valence-electron chi connectivity index (χ4n) is 5.63. The smallest absolute Gasteiger partial charge is 0.250 e. The second kappa shape index (κ2) is 13.0. The molecule has 10 heteroatoms. The van der Waals surface area contributed by atoms with Crippen LogP contribution in [0.2, 0.25) is 0 Å². The van der Waals surface area contributed by atoms with Crippen molar-refractivity contribution in [3.05, 3.63) is 137 Å². The van der Waals surface area contributed by atoms with Crippen LogP contribution in [0.25, 0.3) is 0 Å². The number of halogens is 1. The molecular weight excluding hydrogens is 561 g/mol. The van der Waals surface area contributed by atoms with Gasteiger partial charge in [-0.2, -0.15) is 0 Å². The van der Waals surface area contributed by atoms with E-state index in [9.17, 15) is 23.6 Å². The van der Waals surface area contributed by atoms with Gasteiger partial charge < -0.3 is 22.1 Å². The molecule has 224 valence electrons. The van der Waals surface area contributed by atoms with Crippen LogP contribution in [-0.2, 0) is 22.4 Å². The minimum absolute atomic E-state index is 0.0512. The molecule has 1 aliphatic heterocycles. The number of nitrogens with one attached hydrogen (secondary N) is 2. The first-order chi connectivity index (χ1) is 21.2. The summed E-state index contributed by atoms with van der Waals surface area (Å²) >= 11 is 0. The lowest BCUT2D eigenvalue weighted by atomic mass is 9.71. The van der Waals surface area contributed by atoms with Crippen LogP contribution in [0, 0.1) is 17.7 Å². The zero-order valence-electron chi connectivity index (χ0n) is 23.8. The molecule has 0 spiro atoms. The maximum atomic E-state index is 14.4. The van der Waals surface area contributed by atoms with Gasteiger partial charge in [0.2, 0.25) is 17.6 Å². The van der Waals surface area contributed by atoms with E-state index in [0.717, 1.165) is 23.3 Å². The molecule has 6 N–H and O–H groups in total. The number of β-lactam (4-membered cyclic amide) rings is 1. The van der Waals surface area contributed by atoms with E-state index in [1.54, 1.807) is 0 Å². The van der Waals surface area contributed by atoms with Gasteiger partial charge >= 0.3 is 0 Å². The number of Topliss-reactive ketones (excluding diaryl/α,β-unsaturated/α-hetero) is 1. The third-order valence-corrected chi connectivity index (χ3v) is 8.05. The van der Waals surface area contributed by atoms with E-state index < -0.39 is 46.8 Å². The molecule has 3 amide bonds. The molecule has 9 nitrogen and oxygen atoms in total. The van der Waals surface area contributed by atoms with E-state index >= 15 is 0 Å². The first-order valence-electron chi connectivity index (χ1n) is 14.2. The van der Waals surface area contributed by atoms with Gasteiger partial charge in [-0.3, -0.25) is 24.2 Å². The van der Waals surface area contributed by atoms with E-state index in [1.807, 2.05) is 60.7 Å². The zero-order chi connectivity index (χ0) is 31.3. The molecule has 1 aromatic heterocycles. The Balaban J connectivity index is 1.61. The normalized spacial score (nSPS) is 16.9. The van der Waals surface area contributed by atoms with Gasteiger partial charge in [0.15, 0.2) is 5.66 Å². The summed E-state index contributed by atoms with van der Waals surface area (Å²) in [5.74, 6) is -5.68. The van der Waals surface area contributed by atoms with Gasteiger partial charge in [-0.25, -0.2) is 4.39 Å². The Morgan fingerprint density at radius 2 is 1.52 bits per heavy atom. The predicted molar refractivity (Wildman–Crippen MR) is 162 cm³/mol. The first-order valence-corrected chi connectivity index (χ1v) is 14.2. The van der Waals surface area contributed by atoms with Crippen molar-refractivity contribution in [3.63, 3.8) is 0 Å².